The summed E-state index contributed by atoms with van der Waals surface area (Å²) in [5.41, 5.74) is 0. The van der Waals surface area contributed by atoms with Crippen molar-refractivity contribution in [1.82, 2.24) is 14.5 Å². The average Bonchev–Trinajstić information content (AvgIpc) is 2.74. The molecule has 1 atom stereocenters. The molecule has 0 aromatic heterocycles. The number of benzene rings is 1. The van der Waals surface area contributed by atoms with Crippen LogP contribution in [0.5, 0.6) is 5.75 Å². The lowest BCUT2D eigenvalue weighted by Crippen LogP contribution is -2.51. The minimum atomic E-state index is -3.53. The van der Waals surface area contributed by atoms with Gasteiger partial charge in [-0.15, -0.1) is 0 Å². The van der Waals surface area contributed by atoms with E-state index in [0.29, 0.717) is 18.0 Å². The van der Waals surface area contributed by atoms with Crippen molar-refractivity contribution in [2.75, 3.05) is 45.9 Å². The summed E-state index contributed by atoms with van der Waals surface area (Å²) in [4.78, 5) is 2.77. The van der Waals surface area contributed by atoms with Crippen LogP contribution in [0, 0.1) is 0 Å². The summed E-state index contributed by atoms with van der Waals surface area (Å²) in [6.07, 6.45) is 6.60. The van der Waals surface area contributed by atoms with E-state index in [9.17, 15) is 8.42 Å². The third kappa shape index (κ3) is 5.69. The molecule has 1 aromatic carbocycles. The fraction of sp³-hybridized carbons (Fsp3) is 0.714. The molecule has 2 saturated heterocycles. The zero-order valence-electron chi connectivity index (χ0n) is 17.1. The van der Waals surface area contributed by atoms with Gasteiger partial charge in [-0.05, 0) is 76.0 Å². The normalized spacial score (nSPS) is 21.7. The van der Waals surface area contributed by atoms with E-state index in [1.165, 1.54) is 19.3 Å². The molecule has 6 nitrogen and oxygen atoms in total. The first-order chi connectivity index (χ1) is 13.6. The number of piperidine rings is 2. The Morgan fingerprint density at radius 3 is 2.54 bits per heavy atom. The molecule has 0 aliphatic carbocycles. The summed E-state index contributed by atoms with van der Waals surface area (Å²) >= 11 is 0. The van der Waals surface area contributed by atoms with Gasteiger partial charge in [-0.1, -0.05) is 13.3 Å². The SMILES string of the molecule is CCCOc1ccc(S(=O)(=O)N(CCN2CCCCC2)C2CCCNC2)cc1. The van der Waals surface area contributed by atoms with Crippen LogP contribution in [0.25, 0.3) is 0 Å². The van der Waals surface area contributed by atoms with Gasteiger partial charge in [0.15, 0.2) is 0 Å². The summed E-state index contributed by atoms with van der Waals surface area (Å²) < 4.78 is 34.3. The van der Waals surface area contributed by atoms with Crippen molar-refractivity contribution >= 4 is 10.0 Å². The minimum absolute atomic E-state index is 0.0274. The summed E-state index contributed by atoms with van der Waals surface area (Å²) in [7, 11) is -3.53. The summed E-state index contributed by atoms with van der Waals surface area (Å²) in [6.45, 7) is 7.94. The van der Waals surface area contributed by atoms with Crippen LogP contribution in [-0.4, -0.2) is 69.5 Å². The molecule has 2 aliphatic heterocycles. The summed E-state index contributed by atoms with van der Waals surface area (Å²) in [5.74, 6) is 0.722. The van der Waals surface area contributed by atoms with E-state index in [-0.39, 0.29) is 6.04 Å². The van der Waals surface area contributed by atoms with E-state index < -0.39 is 10.0 Å². The first kappa shape index (κ1) is 21.6. The highest BCUT2D eigenvalue weighted by Crippen LogP contribution is 2.24. The van der Waals surface area contributed by atoms with E-state index in [4.69, 9.17) is 4.74 Å². The maximum atomic E-state index is 13.5. The van der Waals surface area contributed by atoms with Gasteiger partial charge in [0.25, 0.3) is 0 Å². The van der Waals surface area contributed by atoms with Gasteiger partial charge in [-0.2, -0.15) is 4.31 Å². The van der Waals surface area contributed by atoms with E-state index >= 15 is 0 Å². The Morgan fingerprint density at radius 1 is 1.14 bits per heavy atom. The molecular formula is C21H35N3O3S. The van der Waals surface area contributed by atoms with Crippen molar-refractivity contribution in [3.05, 3.63) is 24.3 Å². The van der Waals surface area contributed by atoms with Gasteiger partial charge < -0.3 is 15.0 Å². The highest BCUT2D eigenvalue weighted by atomic mass is 32.2. The third-order valence-corrected chi connectivity index (χ3v) is 7.63. The lowest BCUT2D eigenvalue weighted by molar-refractivity contribution is 0.190. The predicted molar refractivity (Wildman–Crippen MR) is 112 cm³/mol. The molecule has 28 heavy (non-hydrogen) atoms. The maximum Gasteiger partial charge on any atom is 0.243 e. The molecule has 0 bridgehead atoms. The highest BCUT2D eigenvalue weighted by molar-refractivity contribution is 7.89. The van der Waals surface area contributed by atoms with Crippen LogP contribution in [-0.2, 0) is 10.0 Å². The van der Waals surface area contributed by atoms with Gasteiger partial charge >= 0.3 is 0 Å². The Labute approximate surface area is 170 Å². The molecule has 3 rings (SSSR count). The van der Waals surface area contributed by atoms with Crippen LogP contribution < -0.4 is 10.1 Å². The highest BCUT2D eigenvalue weighted by Gasteiger charge is 2.32. The predicted octanol–water partition coefficient (Wildman–Crippen LogP) is 2.70. The molecule has 0 radical (unpaired) electrons. The number of sulfonamides is 1. The zero-order valence-corrected chi connectivity index (χ0v) is 17.9. The van der Waals surface area contributed by atoms with Crippen LogP contribution in [0.2, 0.25) is 0 Å². The molecule has 0 saturated carbocycles. The van der Waals surface area contributed by atoms with Gasteiger partial charge in [0.1, 0.15) is 5.75 Å². The zero-order chi connectivity index (χ0) is 19.8. The van der Waals surface area contributed by atoms with Crippen molar-refractivity contribution in [1.29, 1.82) is 0 Å². The van der Waals surface area contributed by atoms with Gasteiger partial charge in [0, 0.05) is 25.7 Å². The Bertz CT molecular complexity index is 681. The number of rotatable bonds is 9. The van der Waals surface area contributed by atoms with Gasteiger partial charge in [-0.25, -0.2) is 8.42 Å². The number of hydrogen-bond donors (Lipinski definition) is 1. The second-order valence-electron chi connectivity index (χ2n) is 7.84. The lowest BCUT2D eigenvalue weighted by atomic mass is 10.1. The molecule has 7 heteroatoms. The second-order valence-corrected chi connectivity index (χ2v) is 9.73. The largest absolute Gasteiger partial charge is 0.494 e. The van der Waals surface area contributed by atoms with Crippen LogP contribution in [0.4, 0.5) is 0 Å². The Hall–Kier alpha value is -1.15. The minimum Gasteiger partial charge on any atom is -0.494 e. The van der Waals surface area contributed by atoms with Crippen molar-refractivity contribution < 1.29 is 13.2 Å². The Morgan fingerprint density at radius 2 is 1.89 bits per heavy atom. The molecular weight excluding hydrogens is 374 g/mol. The fourth-order valence-corrected chi connectivity index (χ4v) is 5.71. The van der Waals surface area contributed by atoms with Crippen molar-refractivity contribution in [2.45, 2.75) is 56.4 Å². The number of nitrogens with zero attached hydrogens (tertiary/aromatic N) is 2. The smallest absolute Gasteiger partial charge is 0.243 e. The first-order valence-corrected chi connectivity index (χ1v) is 12.2. The summed E-state index contributed by atoms with van der Waals surface area (Å²) in [6, 6.07) is 6.93. The molecule has 0 spiro atoms. The first-order valence-electron chi connectivity index (χ1n) is 10.8. The van der Waals surface area contributed by atoms with Crippen molar-refractivity contribution in [3.63, 3.8) is 0 Å². The van der Waals surface area contributed by atoms with Gasteiger partial charge in [0.05, 0.1) is 11.5 Å². The molecule has 1 unspecified atom stereocenters. The molecule has 2 heterocycles. The number of nitrogens with one attached hydrogen (secondary N) is 1. The molecule has 1 aromatic rings. The van der Waals surface area contributed by atoms with Crippen LogP contribution in [0.15, 0.2) is 29.2 Å². The number of likely N-dealkylation sites (tertiary alicyclic amines) is 1. The Kier molecular flexibility index (Phi) is 8.14. The maximum absolute atomic E-state index is 13.5. The Balaban J connectivity index is 1.74. The summed E-state index contributed by atoms with van der Waals surface area (Å²) in [5, 5.41) is 3.37. The van der Waals surface area contributed by atoms with Gasteiger partial charge in [-0.3, -0.25) is 0 Å². The lowest BCUT2D eigenvalue weighted by Gasteiger charge is -2.36. The fourth-order valence-electron chi connectivity index (χ4n) is 4.06. The molecule has 158 valence electrons. The van der Waals surface area contributed by atoms with E-state index in [0.717, 1.165) is 57.7 Å². The van der Waals surface area contributed by atoms with Gasteiger partial charge in [0.2, 0.25) is 10.0 Å². The molecule has 2 fully saturated rings. The van der Waals surface area contributed by atoms with Crippen molar-refractivity contribution in [3.8, 4) is 5.75 Å². The average molecular weight is 410 g/mol. The topological polar surface area (TPSA) is 61.9 Å². The monoisotopic (exact) mass is 409 g/mol. The molecule has 2 aliphatic rings. The van der Waals surface area contributed by atoms with Crippen LogP contribution in [0.1, 0.15) is 45.4 Å². The quantitative estimate of drug-likeness (QED) is 0.679. The van der Waals surface area contributed by atoms with E-state index in [1.54, 1.807) is 28.6 Å². The molecule has 0 amide bonds. The second kappa shape index (κ2) is 10.6. The third-order valence-electron chi connectivity index (χ3n) is 5.67. The van der Waals surface area contributed by atoms with E-state index in [2.05, 4.69) is 17.1 Å². The molecule has 1 N–H and O–H groups in total. The number of ether oxygens (including phenoxy) is 1. The van der Waals surface area contributed by atoms with Crippen molar-refractivity contribution in [2.24, 2.45) is 0 Å². The standard InChI is InChI=1S/C21H35N3O3S/c1-2-17-27-20-8-10-21(11-9-20)28(25,26)24(19-7-6-12-22-18-19)16-15-23-13-4-3-5-14-23/h8-11,19,22H,2-7,12-18H2,1H3. The van der Waals surface area contributed by atoms with E-state index in [1.807, 2.05) is 0 Å². The number of hydrogen-bond acceptors (Lipinski definition) is 5. The van der Waals surface area contributed by atoms with Crippen LogP contribution in [0.3, 0.4) is 0 Å². The van der Waals surface area contributed by atoms with Crippen LogP contribution >= 0.6 is 0 Å².